The maximum Gasteiger partial charge on any atom is 0.163 e. The van der Waals surface area contributed by atoms with Gasteiger partial charge < -0.3 is 14.6 Å². The highest BCUT2D eigenvalue weighted by Crippen LogP contribution is 2.33. The molecule has 1 heterocycles. The van der Waals surface area contributed by atoms with E-state index in [4.69, 9.17) is 9.47 Å². The molecule has 4 atom stereocenters. The van der Waals surface area contributed by atoms with Crippen LogP contribution in [0, 0.1) is 23.7 Å². The lowest BCUT2D eigenvalue weighted by Crippen LogP contribution is -2.48. The molecule has 1 N–H and O–H groups in total. The summed E-state index contributed by atoms with van der Waals surface area (Å²) in [6.45, 7) is 10.6. The number of ether oxygens (including phenoxy) is 2. The van der Waals surface area contributed by atoms with Crippen molar-refractivity contribution in [3.8, 4) is 11.8 Å². The van der Waals surface area contributed by atoms with Crippen LogP contribution >= 0.6 is 0 Å². The van der Waals surface area contributed by atoms with E-state index >= 15 is 0 Å². The molecule has 1 saturated heterocycles. The smallest absolute Gasteiger partial charge is 0.163 e. The average Bonchev–Trinajstić information content (AvgIpc) is 2.48. The van der Waals surface area contributed by atoms with Crippen molar-refractivity contribution in [2.24, 2.45) is 11.8 Å². The van der Waals surface area contributed by atoms with Crippen LogP contribution in [0.5, 0.6) is 0 Å². The number of benzene rings is 1. The fourth-order valence-electron chi connectivity index (χ4n) is 3.10. The summed E-state index contributed by atoms with van der Waals surface area (Å²) in [5.41, 5.74) is -0.127. The minimum atomic E-state index is -1.04. The van der Waals surface area contributed by atoms with E-state index in [0.29, 0.717) is 18.9 Å². The van der Waals surface area contributed by atoms with Crippen molar-refractivity contribution < 1.29 is 14.6 Å². The molecule has 1 aromatic rings. The van der Waals surface area contributed by atoms with Gasteiger partial charge in [-0.2, -0.15) is 0 Å². The van der Waals surface area contributed by atoms with E-state index in [9.17, 15) is 5.11 Å². The Hall–Kier alpha value is -1.34. The molecule has 0 aromatic heterocycles. The Balaban J connectivity index is 2.03. The van der Waals surface area contributed by atoms with Gasteiger partial charge in [0.15, 0.2) is 5.79 Å². The minimum Gasteiger partial charge on any atom is -0.378 e. The van der Waals surface area contributed by atoms with Crippen molar-refractivity contribution in [1.82, 2.24) is 0 Å². The minimum absolute atomic E-state index is 0.0590. The van der Waals surface area contributed by atoms with E-state index in [-0.39, 0.29) is 12.0 Å². The highest BCUT2D eigenvalue weighted by atomic mass is 16.7. The predicted molar refractivity (Wildman–Crippen MR) is 91.8 cm³/mol. The van der Waals surface area contributed by atoms with E-state index in [2.05, 4.69) is 25.7 Å². The van der Waals surface area contributed by atoms with Crippen molar-refractivity contribution in [1.29, 1.82) is 0 Å². The maximum absolute atomic E-state index is 10.6. The summed E-state index contributed by atoms with van der Waals surface area (Å²) >= 11 is 0. The largest absolute Gasteiger partial charge is 0.378 e. The molecule has 2 rings (SSSR count). The third-order valence-corrected chi connectivity index (χ3v) is 4.20. The first-order chi connectivity index (χ1) is 10.7. The molecule has 0 unspecified atom stereocenters. The second-order valence-electron chi connectivity index (χ2n) is 7.34. The molecule has 3 heteroatoms. The van der Waals surface area contributed by atoms with E-state index in [1.54, 1.807) is 6.92 Å². The van der Waals surface area contributed by atoms with Crippen LogP contribution in [0.4, 0.5) is 0 Å². The van der Waals surface area contributed by atoms with Gasteiger partial charge in [0.1, 0.15) is 5.60 Å². The Morgan fingerprint density at radius 3 is 2.65 bits per heavy atom. The van der Waals surface area contributed by atoms with Crippen molar-refractivity contribution >= 4 is 0 Å². The molecule has 0 aliphatic carbocycles. The van der Waals surface area contributed by atoms with E-state index in [1.807, 2.05) is 44.2 Å². The first kappa shape index (κ1) is 18.0. The van der Waals surface area contributed by atoms with E-state index in [0.717, 1.165) is 5.56 Å². The van der Waals surface area contributed by atoms with E-state index in [1.165, 1.54) is 0 Å². The van der Waals surface area contributed by atoms with Crippen LogP contribution in [0.15, 0.2) is 30.3 Å². The summed E-state index contributed by atoms with van der Waals surface area (Å²) in [5, 5.41) is 10.6. The van der Waals surface area contributed by atoms with Crippen LogP contribution in [-0.4, -0.2) is 29.2 Å². The van der Waals surface area contributed by atoms with Crippen LogP contribution in [0.25, 0.3) is 0 Å². The Morgan fingerprint density at radius 2 is 2.00 bits per heavy atom. The van der Waals surface area contributed by atoms with Gasteiger partial charge in [0.2, 0.25) is 0 Å². The Bertz CT molecular complexity index is 566. The highest BCUT2D eigenvalue weighted by Gasteiger charge is 2.38. The Kier molecular flexibility index (Phi) is 5.52. The van der Waals surface area contributed by atoms with Crippen LogP contribution in [0.3, 0.4) is 0 Å². The van der Waals surface area contributed by atoms with Crippen molar-refractivity contribution in [2.45, 2.75) is 58.5 Å². The molecule has 3 nitrogen and oxygen atoms in total. The zero-order chi connectivity index (χ0) is 17.1. The number of aliphatic hydroxyl groups is 1. The highest BCUT2D eigenvalue weighted by molar-refractivity contribution is 5.35. The number of hydrogen-bond acceptors (Lipinski definition) is 3. The molecular formula is C20H28O3. The molecule has 23 heavy (non-hydrogen) atoms. The van der Waals surface area contributed by atoms with Gasteiger partial charge >= 0.3 is 0 Å². The Morgan fingerprint density at radius 1 is 1.35 bits per heavy atom. The summed E-state index contributed by atoms with van der Waals surface area (Å²) in [7, 11) is 0. The van der Waals surface area contributed by atoms with Gasteiger partial charge in [0.05, 0.1) is 12.7 Å². The van der Waals surface area contributed by atoms with Crippen molar-refractivity contribution in [3.05, 3.63) is 35.9 Å². The standard InChI is InChI=1S/C20H28O3/c1-15(18-16(2)14-22-19(3,4)23-18)13-20(5,21)12-11-17-9-7-6-8-10-17/h6-10,15-16,18,21H,13-14H2,1-5H3/t15-,16-,18-,20+/m0/s1. The predicted octanol–water partition coefficient (Wildman–Crippen LogP) is 3.60. The quantitative estimate of drug-likeness (QED) is 0.866. The monoisotopic (exact) mass is 316 g/mol. The molecule has 1 aliphatic rings. The fraction of sp³-hybridized carbons (Fsp3) is 0.600. The molecule has 0 radical (unpaired) electrons. The topological polar surface area (TPSA) is 38.7 Å². The van der Waals surface area contributed by atoms with E-state index < -0.39 is 11.4 Å². The summed E-state index contributed by atoms with van der Waals surface area (Å²) in [6.07, 6.45) is 0.626. The normalized spacial score (nSPS) is 27.4. The zero-order valence-electron chi connectivity index (χ0n) is 14.8. The van der Waals surface area contributed by atoms with Crippen molar-refractivity contribution in [2.75, 3.05) is 6.61 Å². The Labute approximate surface area is 140 Å². The fourth-order valence-corrected chi connectivity index (χ4v) is 3.10. The lowest BCUT2D eigenvalue weighted by molar-refractivity contribution is -0.300. The first-order valence-corrected chi connectivity index (χ1v) is 8.31. The third-order valence-electron chi connectivity index (χ3n) is 4.20. The second-order valence-corrected chi connectivity index (χ2v) is 7.34. The van der Waals surface area contributed by atoms with Gasteiger partial charge in [0, 0.05) is 11.5 Å². The maximum atomic E-state index is 10.6. The molecule has 0 bridgehead atoms. The van der Waals surface area contributed by atoms with Crippen LogP contribution in [0.1, 0.15) is 46.6 Å². The summed E-state index contributed by atoms with van der Waals surface area (Å²) in [6, 6.07) is 9.73. The summed E-state index contributed by atoms with van der Waals surface area (Å²) < 4.78 is 11.8. The molecule has 0 saturated carbocycles. The van der Waals surface area contributed by atoms with Crippen LogP contribution in [0.2, 0.25) is 0 Å². The van der Waals surface area contributed by atoms with Crippen LogP contribution < -0.4 is 0 Å². The van der Waals surface area contributed by atoms with Gasteiger partial charge in [-0.3, -0.25) is 0 Å². The second kappa shape index (κ2) is 7.05. The zero-order valence-corrected chi connectivity index (χ0v) is 14.8. The summed E-state index contributed by atoms with van der Waals surface area (Å²) in [5.74, 6) is 5.98. The molecule has 1 aromatic carbocycles. The van der Waals surface area contributed by atoms with Crippen molar-refractivity contribution in [3.63, 3.8) is 0 Å². The lowest BCUT2D eigenvalue weighted by atomic mass is 9.84. The SMILES string of the molecule is C[C@H]1COC(C)(C)O[C@H]1[C@@H](C)C[C@](C)(O)C#Cc1ccccc1. The van der Waals surface area contributed by atoms with Gasteiger partial charge in [-0.15, -0.1) is 0 Å². The molecule has 1 aliphatic heterocycles. The van der Waals surface area contributed by atoms with Gasteiger partial charge in [-0.25, -0.2) is 0 Å². The lowest BCUT2D eigenvalue weighted by Gasteiger charge is -2.43. The molecular weight excluding hydrogens is 288 g/mol. The number of hydrogen-bond donors (Lipinski definition) is 1. The third kappa shape index (κ3) is 5.35. The van der Waals surface area contributed by atoms with Gasteiger partial charge in [-0.1, -0.05) is 43.9 Å². The molecule has 0 spiro atoms. The number of rotatable bonds is 3. The first-order valence-electron chi connectivity index (χ1n) is 8.31. The van der Waals surface area contributed by atoms with Crippen LogP contribution in [-0.2, 0) is 9.47 Å². The van der Waals surface area contributed by atoms with Gasteiger partial charge in [-0.05, 0) is 45.2 Å². The molecule has 1 fully saturated rings. The summed E-state index contributed by atoms with van der Waals surface area (Å²) in [4.78, 5) is 0. The van der Waals surface area contributed by atoms with Gasteiger partial charge in [0.25, 0.3) is 0 Å². The molecule has 126 valence electrons. The average molecular weight is 316 g/mol. The molecule has 0 amide bonds.